The zero-order valence-corrected chi connectivity index (χ0v) is 17.9. The van der Waals surface area contributed by atoms with Gasteiger partial charge in [-0.1, -0.05) is 43.6 Å². The number of rotatable bonds is 6. The molecule has 9 nitrogen and oxygen atoms in total. The number of para-hydroxylation sites is 1. The van der Waals surface area contributed by atoms with Crippen molar-refractivity contribution in [3.63, 3.8) is 0 Å². The number of hydrogen-bond donors (Lipinski definition) is 1. The third-order valence-corrected chi connectivity index (χ3v) is 6.19. The van der Waals surface area contributed by atoms with Gasteiger partial charge in [-0.2, -0.15) is 0 Å². The van der Waals surface area contributed by atoms with Gasteiger partial charge in [-0.05, 0) is 30.2 Å². The Bertz CT molecular complexity index is 1280. The molecule has 11 heteroatoms. The fourth-order valence-electron chi connectivity index (χ4n) is 3.23. The first-order chi connectivity index (χ1) is 14.0. The first kappa shape index (κ1) is 21.6. The Morgan fingerprint density at radius 3 is 2.33 bits per heavy atom. The molecular weight excluding hydrogens is 432 g/mol. The van der Waals surface area contributed by atoms with E-state index in [1.807, 2.05) is 13.8 Å². The average molecular weight is 451 g/mol. The molecule has 0 bridgehead atoms. The summed E-state index contributed by atoms with van der Waals surface area (Å²) in [6, 6.07) is 11.9. The Kier molecular flexibility index (Phi) is 5.73. The number of benzene rings is 2. The predicted octanol–water partition coefficient (Wildman–Crippen LogP) is 3.66. The van der Waals surface area contributed by atoms with E-state index in [0.717, 1.165) is 18.2 Å². The molecule has 0 spiro atoms. The standard InChI is InChI=1S/C19H19ClN4O5S/c1-12(2)18-17(19(25)23(22(18)3)13-7-5-4-6-8-13)21-30(28,29)14-9-10-15(20)16(11-14)24(26)27/h4-12,21H,1-3H3. The highest BCUT2D eigenvalue weighted by Gasteiger charge is 2.27. The third-order valence-electron chi connectivity index (χ3n) is 4.52. The smallest absolute Gasteiger partial charge is 0.283 e. The van der Waals surface area contributed by atoms with Crippen LogP contribution in [0.3, 0.4) is 0 Å². The molecule has 1 aromatic heterocycles. The Labute approximate surface area is 177 Å². The molecule has 0 aliphatic rings. The number of sulfonamides is 1. The van der Waals surface area contributed by atoms with Crippen molar-refractivity contribution in [2.24, 2.45) is 7.05 Å². The first-order valence-corrected chi connectivity index (χ1v) is 10.7. The average Bonchev–Trinajstić information content (AvgIpc) is 2.91. The van der Waals surface area contributed by atoms with Gasteiger partial charge in [-0.15, -0.1) is 0 Å². The lowest BCUT2D eigenvalue weighted by atomic mass is 10.1. The molecule has 3 aromatic rings. The lowest BCUT2D eigenvalue weighted by Gasteiger charge is -2.13. The summed E-state index contributed by atoms with van der Waals surface area (Å²) in [7, 11) is -2.63. The minimum absolute atomic E-state index is 0.117. The van der Waals surface area contributed by atoms with Crippen LogP contribution in [0.2, 0.25) is 5.02 Å². The van der Waals surface area contributed by atoms with Crippen LogP contribution in [0.25, 0.3) is 5.69 Å². The molecule has 30 heavy (non-hydrogen) atoms. The summed E-state index contributed by atoms with van der Waals surface area (Å²) in [6.45, 7) is 3.66. The summed E-state index contributed by atoms with van der Waals surface area (Å²) in [6.07, 6.45) is 0. The van der Waals surface area contributed by atoms with Crippen LogP contribution >= 0.6 is 11.6 Å². The molecule has 1 N–H and O–H groups in total. The van der Waals surface area contributed by atoms with E-state index in [-0.39, 0.29) is 21.5 Å². The zero-order valence-electron chi connectivity index (χ0n) is 16.4. The quantitative estimate of drug-likeness (QED) is 0.454. The van der Waals surface area contributed by atoms with Crippen molar-refractivity contribution in [1.82, 2.24) is 9.36 Å². The highest BCUT2D eigenvalue weighted by Crippen LogP contribution is 2.29. The van der Waals surface area contributed by atoms with Gasteiger partial charge in [0.2, 0.25) is 0 Å². The summed E-state index contributed by atoms with van der Waals surface area (Å²) >= 11 is 5.77. The maximum Gasteiger partial charge on any atom is 0.296 e. The van der Waals surface area contributed by atoms with E-state index in [4.69, 9.17) is 11.6 Å². The summed E-state index contributed by atoms with van der Waals surface area (Å²) < 4.78 is 31.1. The van der Waals surface area contributed by atoms with Crippen LogP contribution in [0.1, 0.15) is 25.5 Å². The molecule has 0 amide bonds. The number of nitrogens with one attached hydrogen (secondary N) is 1. The molecule has 0 aliphatic heterocycles. The predicted molar refractivity (Wildman–Crippen MR) is 114 cm³/mol. The lowest BCUT2D eigenvalue weighted by Crippen LogP contribution is -2.23. The third kappa shape index (κ3) is 3.83. The molecule has 158 valence electrons. The van der Waals surface area contributed by atoms with Gasteiger partial charge < -0.3 is 0 Å². The van der Waals surface area contributed by atoms with Crippen LogP contribution in [-0.4, -0.2) is 22.7 Å². The van der Waals surface area contributed by atoms with Crippen molar-refractivity contribution in [1.29, 1.82) is 0 Å². The number of nitro groups is 1. The Morgan fingerprint density at radius 2 is 1.77 bits per heavy atom. The van der Waals surface area contributed by atoms with E-state index in [0.29, 0.717) is 11.4 Å². The van der Waals surface area contributed by atoms with Crippen LogP contribution < -0.4 is 10.3 Å². The Hall–Kier alpha value is -3.11. The summed E-state index contributed by atoms with van der Waals surface area (Å²) in [5.74, 6) is -0.190. The Balaban J connectivity index is 2.16. The molecule has 1 heterocycles. The summed E-state index contributed by atoms with van der Waals surface area (Å²) in [5, 5.41) is 10.9. The van der Waals surface area contributed by atoms with Crippen LogP contribution in [-0.2, 0) is 17.1 Å². The minimum atomic E-state index is -4.29. The maximum absolute atomic E-state index is 13.1. The van der Waals surface area contributed by atoms with Crippen LogP contribution in [0, 0.1) is 10.1 Å². The molecular formula is C19H19ClN4O5S. The second-order valence-corrected chi connectivity index (χ2v) is 8.96. The first-order valence-electron chi connectivity index (χ1n) is 8.88. The van der Waals surface area contributed by atoms with Crippen molar-refractivity contribution in [3.8, 4) is 5.69 Å². The van der Waals surface area contributed by atoms with Gasteiger partial charge in [0, 0.05) is 13.1 Å². The Morgan fingerprint density at radius 1 is 1.13 bits per heavy atom. The molecule has 0 fully saturated rings. The van der Waals surface area contributed by atoms with Gasteiger partial charge in [0.15, 0.2) is 0 Å². The topological polar surface area (TPSA) is 116 Å². The van der Waals surface area contributed by atoms with Gasteiger partial charge in [-0.3, -0.25) is 24.3 Å². The second kappa shape index (κ2) is 7.96. The second-order valence-electron chi connectivity index (χ2n) is 6.87. The summed E-state index contributed by atoms with van der Waals surface area (Å²) in [4.78, 5) is 23.1. The van der Waals surface area contributed by atoms with E-state index in [9.17, 15) is 23.3 Å². The molecule has 3 rings (SSSR count). The minimum Gasteiger partial charge on any atom is -0.283 e. The number of halogens is 1. The maximum atomic E-state index is 13.1. The van der Waals surface area contributed by atoms with E-state index < -0.39 is 26.2 Å². The highest BCUT2D eigenvalue weighted by molar-refractivity contribution is 7.92. The lowest BCUT2D eigenvalue weighted by molar-refractivity contribution is -0.384. The fraction of sp³-hybridized carbons (Fsp3) is 0.211. The van der Waals surface area contributed by atoms with Gasteiger partial charge in [-0.25, -0.2) is 13.1 Å². The van der Waals surface area contributed by atoms with Gasteiger partial charge in [0.05, 0.1) is 21.2 Å². The molecule has 0 saturated carbocycles. The largest absolute Gasteiger partial charge is 0.296 e. The van der Waals surface area contributed by atoms with Gasteiger partial charge in [0.25, 0.3) is 21.3 Å². The van der Waals surface area contributed by atoms with E-state index in [2.05, 4.69) is 4.72 Å². The molecule has 0 atom stereocenters. The molecule has 0 radical (unpaired) electrons. The van der Waals surface area contributed by atoms with Gasteiger partial charge in [0.1, 0.15) is 10.7 Å². The number of anilines is 1. The SMILES string of the molecule is CC(C)c1c(NS(=O)(=O)c2ccc(Cl)c([N+](=O)[O-])c2)c(=O)n(-c2ccccc2)n1C. The number of nitrogens with zero attached hydrogens (tertiary/aromatic N) is 3. The number of aromatic nitrogens is 2. The van der Waals surface area contributed by atoms with Crippen LogP contribution in [0.15, 0.2) is 58.2 Å². The van der Waals surface area contributed by atoms with Gasteiger partial charge >= 0.3 is 0 Å². The normalized spacial score (nSPS) is 11.6. The molecule has 0 saturated heterocycles. The zero-order chi connectivity index (χ0) is 22.2. The fourth-order valence-corrected chi connectivity index (χ4v) is 4.51. The van der Waals surface area contributed by atoms with E-state index in [1.54, 1.807) is 42.1 Å². The van der Waals surface area contributed by atoms with E-state index in [1.165, 1.54) is 4.68 Å². The highest BCUT2D eigenvalue weighted by atomic mass is 35.5. The molecule has 2 aromatic carbocycles. The summed E-state index contributed by atoms with van der Waals surface area (Å²) in [5.41, 5.74) is -0.179. The number of hydrogen-bond acceptors (Lipinski definition) is 5. The van der Waals surface area contributed by atoms with Crippen molar-refractivity contribution in [2.75, 3.05) is 4.72 Å². The van der Waals surface area contributed by atoms with E-state index >= 15 is 0 Å². The number of nitro benzene ring substituents is 1. The van der Waals surface area contributed by atoms with Crippen LogP contribution in [0.5, 0.6) is 0 Å². The van der Waals surface area contributed by atoms with Crippen molar-refractivity contribution < 1.29 is 13.3 Å². The molecule has 0 unspecified atom stereocenters. The molecule has 0 aliphatic carbocycles. The van der Waals surface area contributed by atoms with Crippen molar-refractivity contribution >= 4 is 33.0 Å². The monoisotopic (exact) mass is 450 g/mol. The van der Waals surface area contributed by atoms with Crippen LogP contribution in [0.4, 0.5) is 11.4 Å². The van der Waals surface area contributed by atoms with Crippen molar-refractivity contribution in [2.45, 2.75) is 24.7 Å². The van der Waals surface area contributed by atoms with Crippen molar-refractivity contribution in [3.05, 3.63) is 79.7 Å².